The minimum atomic E-state index is 0.450. The van der Waals surface area contributed by atoms with Gasteiger partial charge in [0.05, 0.1) is 11.1 Å². The van der Waals surface area contributed by atoms with E-state index in [2.05, 4.69) is 32.1 Å². The van der Waals surface area contributed by atoms with Crippen LogP contribution in [0, 0.1) is 13.8 Å². The molecule has 0 aliphatic carbocycles. The minimum absolute atomic E-state index is 0.450. The molecule has 120 valence electrons. The van der Waals surface area contributed by atoms with Crippen LogP contribution in [0.2, 0.25) is 0 Å². The van der Waals surface area contributed by atoms with Gasteiger partial charge in [-0.05, 0) is 13.8 Å². The predicted molar refractivity (Wildman–Crippen MR) is 93.8 cm³/mol. The quantitative estimate of drug-likeness (QED) is 0.517. The highest BCUT2D eigenvalue weighted by molar-refractivity contribution is 8.00. The molecule has 3 heterocycles. The fourth-order valence-electron chi connectivity index (χ4n) is 2.02. The number of nitrogens with one attached hydrogen (secondary N) is 1. The van der Waals surface area contributed by atoms with Gasteiger partial charge in [0.2, 0.25) is 10.8 Å². The maximum atomic E-state index is 6.03. The van der Waals surface area contributed by atoms with E-state index in [9.17, 15) is 0 Å². The Kier molecular flexibility index (Phi) is 4.49. The fraction of sp³-hybridized carbons (Fsp3) is 0.286. The van der Waals surface area contributed by atoms with Crippen LogP contribution in [0.3, 0.4) is 0 Å². The van der Waals surface area contributed by atoms with Gasteiger partial charge in [-0.3, -0.25) is 0 Å². The van der Waals surface area contributed by atoms with Gasteiger partial charge in [-0.1, -0.05) is 29.2 Å². The molecule has 0 saturated heterocycles. The van der Waals surface area contributed by atoms with Crippen molar-refractivity contribution < 1.29 is 4.42 Å². The van der Waals surface area contributed by atoms with Crippen LogP contribution in [0.5, 0.6) is 0 Å². The number of rotatable bonds is 6. The minimum Gasteiger partial charge on any atom is -0.443 e. The Labute approximate surface area is 141 Å². The van der Waals surface area contributed by atoms with E-state index in [0.717, 1.165) is 26.2 Å². The van der Waals surface area contributed by atoms with Gasteiger partial charge in [0, 0.05) is 12.1 Å². The Morgan fingerprint density at radius 3 is 2.96 bits per heavy atom. The number of nitrogens with zero attached hydrogens (tertiary/aromatic N) is 4. The lowest BCUT2D eigenvalue weighted by Gasteiger charge is -2.00. The first-order chi connectivity index (χ1) is 11.1. The fourth-order valence-corrected chi connectivity index (χ4v) is 3.63. The van der Waals surface area contributed by atoms with Crippen LogP contribution in [-0.2, 0) is 5.75 Å². The van der Waals surface area contributed by atoms with E-state index in [-0.39, 0.29) is 0 Å². The number of thioether (sulfide) groups is 1. The number of fused-ring (bicyclic) bond motifs is 1. The molecule has 0 fully saturated rings. The van der Waals surface area contributed by atoms with E-state index in [1.807, 2.05) is 13.8 Å². The zero-order valence-corrected chi connectivity index (χ0v) is 14.4. The zero-order valence-electron chi connectivity index (χ0n) is 12.8. The lowest BCUT2D eigenvalue weighted by molar-refractivity contribution is 0.562. The molecule has 0 spiro atoms. The molecular weight excluding hydrogens is 332 g/mol. The summed E-state index contributed by atoms with van der Waals surface area (Å²) in [5.41, 5.74) is 7.55. The average molecular weight is 348 g/mol. The second-order valence-electron chi connectivity index (χ2n) is 4.82. The highest BCUT2D eigenvalue weighted by atomic mass is 32.2. The van der Waals surface area contributed by atoms with Crippen molar-refractivity contribution in [2.75, 3.05) is 17.6 Å². The number of hydrogen-bond acceptors (Lipinski definition) is 9. The zero-order chi connectivity index (χ0) is 16.4. The first-order valence-corrected chi connectivity index (χ1v) is 8.72. The summed E-state index contributed by atoms with van der Waals surface area (Å²) in [6, 6.07) is 0. The number of anilines is 2. The van der Waals surface area contributed by atoms with Gasteiger partial charge in [-0.2, -0.15) is 4.98 Å². The van der Waals surface area contributed by atoms with E-state index >= 15 is 0 Å². The summed E-state index contributed by atoms with van der Waals surface area (Å²) in [6.07, 6.45) is 1.77. The van der Waals surface area contributed by atoms with Gasteiger partial charge in [-0.25, -0.2) is 4.98 Å². The van der Waals surface area contributed by atoms with Crippen LogP contribution < -0.4 is 11.1 Å². The van der Waals surface area contributed by atoms with Crippen molar-refractivity contribution in [3.8, 4) is 0 Å². The van der Waals surface area contributed by atoms with Crippen LogP contribution in [-0.4, -0.2) is 26.7 Å². The number of nitrogen functional groups attached to an aromatic ring is 1. The molecule has 9 heteroatoms. The molecule has 3 N–H and O–H groups in total. The Balaban J connectivity index is 1.74. The normalized spacial score (nSPS) is 11.0. The highest BCUT2D eigenvalue weighted by Gasteiger charge is 2.15. The van der Waals surface area contributed by atoms with Crippen molar-refractivity contribution in [1.82, 2.24) is 20.2 Å². The van der Waals surface area contributed by atoms with E-state index < -0.39 is 0 Å². The van der Waals surface area contributed by atoms with Crippen molar-refractivity contribution in [2.24, 2.45) is 0 Å². The van der Waals surface area contributed by atoms with Gasteiger partial charge in [0.15, 0.2) is 4.34 Å². The van der Waals surface area contributed by atoms with Gasteiger partial charge in [0.1, 0.15) is 17.4 Å². The molecule has 23 heavy (non-hydrogen) atoms. The van der Waals surface area contributed by atoms with Gasteiger partial charge in [-0.15, -0.1) is 16.8 Å². The van der Waals surface area contributed by atoms with Crippen molar-refractivity contribution in [3.05, 3.63) is 29.8 Å². The molecule has 3 aromatic rings. The Morgan fingerprint density at radius 1 is 1.35 bits per heavy atom. The smallest absolute Gasteiger partial charge is 0.231 e. The van der Waals surface area contributed by atoms with Crippen molar-refractivity contribution >= 4 is 45.1 Å². The largest absolute Gasteiger partial charge is 0.443 e. The summed E-state index contributed by atoms with van der Waals surface area (Å²) >= 11 is 2.99. The lowest BCUT2D eigenvalue weighted by atomic mass is 10.2. The molecule has 0 amide bonds. The summed E-state index contributed by atoms with van der Waals surface area (Å²) in [6.45, 7) is 8.16. The average Bonchev–Trinajstić information content (AvgIpc) is 3.08. The molecule has 0 radical (unpaired) electrons. The van der Waals surface area contributed by atoms with Crippen LogP contribution >= 0.6 is 23.1 Å². The van der Waals surface area contributed by atoms with Crippen LogP contribution in [0.1, 0.15) is 17.1 Å². The van der Waals surface area contributed by atoms with Crippen molar-refractivity contribution in [2.45, 2.75) is 23.9 Å². The van der Waals surface area contributed by atoms with Gasteiger partial charge < -0.3 is 15.5 Å². The first-order valence-electron chi connectivity index (χ1n) is 6.91. The standard InChI is InChI=1S/C14H16N6OS2/c1-4-5-16-13-19-20-14(23-13)22-6-9-17-11(15)10-7(2)8(3)21-12(10)18-9/h4H,1,5-6H2,2-3H3,(H,16,19)(H2,15,17,18). The van der Waals surface area contributed by atoms with Gasteiger partial charge in [0.25, 0.3) is 0 Å². The number of furan rings is 1. The molecule has 0 aromatic carbocycles. The predicted octanol–water partition coefficient (Wildman–Crippen LogP) is 3.16. The van der Waals surface area contributed by atoms with Gasteiger partial charge >= 0.3 is 0 Å². The Bertz CT molecular complexity index is 856. The summed E-state index contributed by atoms with van der Waals surface area (Å²) in [5, 5.41) is 12.8. The van der Waals surface area contributed by atoms with Crippen LogP contribution in [0.25, 0.3) is 11.1 Å². The first kappa shape index (κ1) is 15.8. The summed E-state index contributed by atoms with van der Waals surface area (Å²) < 4.78 is 6.47. The molecule has 0 unspecified atom stereocenters. The van der Waals surface area contributed by atoms with Crippen molar-refractivity contribution in [3.63, 3.8) is 0 Å². The number of aryl methyl sites for hydroxylation is 2. The van der Waals surface area contributed by atoms with Crippen LogP contribution in [0.4, 0.5) is 10.9 Å². The SMILES string of the molecule is C=CCNc1nnc(SCc2nc(N)c3c(C)c(C)oc3n2)s1. The summed E-state index contributed by atoms with van der Waals surface area (Å²) in [7, 11) is 0. The van der Waals surface area contributed by atoms with Crippen LogP contribution in [0.15, 0.2) is 21.4 Å². The maximum absolute atomic E-state index is 6.03. The Morgan fingerprint density at radius 2 is 2.17 bits per heavy atom. The summed E-state index contributed by atoms with van der Waals surface area (Å²) in [4.78, 5) is 8.80. The number of aromatic nitrogens is 4. The second-order valence-corrected chi connectivity index (χ2v) is 7.02. The molecule has 0 bridgehead atoms. The van der Waals surface area contributed by atoms with E-state index in [1.165, 1.54) is 23.1 Å². The maximum Gasteiger partial charge on any atom is 0.231 e. The molecule has 0 aliphatic heterocycles. The number of nitrogens with two attached hydrogens (primary N) is 1. The van der Waals surface area contributed by atoms with E-state index in [0.29, 0.717) is 29.7 Å². The molecule has 0 saturated carbocycles. The Hall–Kier alpha value is -2.13. The molecule has 3 aromatic heterocycles. The van der Waals surface area contributed by atoms with E-state index in [1.54, 1.807) is 6.08 Å². The highest BCUT2D eigenvalue weighted by Crippen LogP contribution is 2.30. The summed E-state index contributed by atoms with van der Waals surface area (Å²) in [5.74, 6) is 2.43. The molecule has 7 nitrogen and oxygen atoms in total. The second kappa shape index (κ2) is 6.55. The lowest BCUT2D eigenvalue weighted by Crippen LogP contribution is -1.99. The third-order valence-corrected chi connectivity index (χ3v) is 5.24. The van der Waals surface area contributed by atoms with Crippen molar-refractivity contribution in [1.29, 1.82) is 0 Å². The number of hydrogen-bond donors (Lipinski definition) is 2. The topological polar surface area (TPSA) is 103 Å². The third-order valence-electron chi connectivity index (χ3n) is 3.23. The molecule has 3 rings (SSSR count). The molecule has 0 aliphatic rings. The monoisotopic (exact) mass is 348 g/mol. The molecule has 0 atom stereocenters. The third kappa shape index (κ3) is 3.30. The molecular formula is C14H16N6OS2. The van der Waals surface area contributed by atoms with E-state index in [4.69, 9.17) is 10.2 Å².